The van der Waals surface area contributed by atoms with Crippen LogP contribution in [0.3, 0.4) is 0 Å². The molecule has 1 fully saturated rings. The average molecular weight is 539 g/mol. The molecule has 0 aliphatic carbocycles. The van der Waals surface area contributed by atoms with Crippen molar-refractivity contribution in [3.8, 4) is 0 Å². The lowest BCUT2D eigenvalue weighted by atomic mass is 10.2. The van der Waals surface area contributed by atoms with E-state index < -0.39 is 10.0 Å². The molecule has 1 aliphatic rings. The van der Waals surface area contributed by atoms with Crippen molar-refractivity contribution < 1.29 is 13.2 Å². The molecule has 0 N–H and O–H groups in total. The monoisotopic (exact) mass is 538 g/mol. The van der Waals surface area contributed by atoms with Gasteiger partial charge in [0.2, 0.25) is 0 Å². The molecule has 5 rings (SSSR count). The van der Waals surface area contributed by atoms with Gasteiger partial charge < -0.3 is 9.80 Å². The standard InChI is InChI=1S/C26H26N4O3S3/c1-28(20-6-4-3-5-7-20)36(32,33)22-11-8-19(9-12-22)25(31)29-14-16-30(17-15-29)26-27-23-13-10-21(34-2)18-24(23)35-26/h3-13,18H,14-17H2,1-2H3. The van der Waals surface area contributed by atoms with Gasteiger partial charge in [-0.25, -0.2) is 13.4 Å². The lowest BCUT2D eigenvalue weighted by Crippen LogP contribution is -2.48. The van der Waals surface area contributed by atoms with Crippen molar-refractivity contribution in [2.75, 3.05) is 48.7 Å². The van der Waals surface area contributed by atoms with Gasteiger partial charge >= 0.3 is 0 Å². The number of anilines is 2. The number of nitrogens with zero attached hydrogens (tertiary/aromatic N) is 4. The second-order valence-corrected chi connectivity index (χ2v) is 12.3. The van der Waals surface area contributed by atoms with Crippen LogP contribution >= 0.6 is 23.1 Å². The Kier molecular flexibility index (Phi) is 6.92. The number of fused-ring (bicyclic) bond motifs is 1. The Morgan fingerprint density at radius 2 is 1.67 bits per heavy atom. The first-order valence-corrected chi connectivity index (χ1v) is 15.0. The summed E-state index contributed by atoms with van der Waals surface area (Å²) >= 11 is 3.40. The molecule has 0 spiro atoms. The van der Waals surface area contributed by atoms with Crippen molar-refractivity contribution in [2.45, 2.75) is 9.79 Å². The van der Waals surface area contributed by atoms with Crippen LogP contribution in [0.15, 0.2) is 82.6 Å². The van der Waals surface area contributed by atoms with E-state index in [4.69, 9.17) is 4.98 Å². The highest BCUT2D eigenvalue weighted by molar-refractivity contribution is 7.98. The van der Waals surface area contributed by atoms with Crippen LogP contribution in [0.4, 0.5) is 10.8 Å². The molecule has 0 bridgehead atoms. The van der Waals surface area contributed by atoms with E-state index in [0.717, 1.165) is 10.6 Å². The van der Waals surface area contributed by atoms with Gasteiger partial charge in [0.1, 0.15) is 0 Å². The van der Waals surface area contributed by atoms with Crippen LogP contribution in [0.2, 0.25) is 0 Å². The third kappa shape index (κ3) is 4.80. The van der Waals surface area contributed by atoms with Crippen molar-refractivity contribution in [3.63, 3.8) is 0 Å². The van der Waals surface area contributed by atoms with Crippen molar-refractivity contribution in [3.05, 3.63) is 78.4 Å². The summed E-state index contributed by atoms with van der Waals surface area (Å²) in [7, 11) is -2.19. The number of rotatable bonds is 6. The minimum atomic E-state index is -3.72. The number of sulfonamides is 1. The Morgan fingerprint density at radius 1 is 0.972 bits per heavy atom. The summed E-state index contributed by atoms with van der Waals surface area (Å²) in [5, 5.41) is 0.979. The van der Waals surface area contributed by atoms with Crippen LogP contribution < -0.4 is 9.21 Å². The topological polar surface area (TPSA) is 73.8 Å². The molecule has 4 aromatic rings. The van der Waals surface area contributed by atoms with Crippen LogP contribution in [-0.2, 0) is 10.0 Å². The molecule has 0 radical (unpaired) electrons. The number of para-hydroxylation sites is 1. The van der Waals surface area contributed by atoms with E-state index in [1.165, 1.54) is 33.1 Å². The van der Waals surface area contributed by atoms with E-state index in [1.807, 2.05) is 11.0 Å². The number of carbonyl (C=O) groups excluding carboxylic acids is 1. The molecule has 1 saturated heterocycles. The molecule has 1 aliphatic heterocycles. The summed E-state index contributed by atoms with van der Waals surface area (Å²) in [6.07, 6.45) is 2.06. The zero-order valence-corrected chi connectivity index (χ0v) is 22.4. The minimum Gasteiger partial charge on any atom is -0.345 e. The van der Waals surface area contributed by atoms with Gasteiger partial charge in [-0.05, 0) is 60.9 Å². The number of aromatic nitrogens is 1. The highest BCUT2D eigenvalue weighted by atomic mass is 32.2. The first-order valence-electron chi connectivity index (χ1n) is 11.5. The first-order chi connectivity index (χ1) is 17.4. The van der Waals surface area contributed by atoms with Crippen molar-refractivity contribution in [1.82, 2.24) is 9.88 Å². The number of hydrogen-bond donors (Lipinski definition) is 0. The van der Waals surface area contributed by atoms with Crippen molar-refractivity contribution >= 4 is 60.1 Å². The minimum absolute atomic E-state index is 0.0936. The Labute approximate surface area is 219 Å². The highest BCUT2D eigenvalue weighted by Gasteiger charge is 2.25. The summed E-state index contributed by atoms with van der Waals surface area (Å²) in [4.78, 5) is 23.3. The lowest BCUT2D eigenvalue weighted by molar-refractivity contribution is 0.0746. The normalized spacial score (nSPS) is 14.3. The number of benzene rings is 3. The SMILES string of the molecule is CSc1ccc2nc(N3CCN(C(=O)c4ccc(S(=O)(=O)N(C)c5ccccc5)cc4)CC3)sc2c1. The fraction of sp³-hybridized carbons (Fsp3) is 0.231. The maximum atomic E-state index is 13.1. The fourth-order valence-electron chi connectivity index (χ4n) is 4.14. The molecular formula is C26H26N4O3S3. The van der Waals surface area contributed by atoms with Crippen LogP contribution in [-0.4, -0.2) is 63.7 Å². The van der Waals surface area contributed by atoms with E-state index in [0.29, 0.717) is 37.4 Å². The summed E-state index contributed by atoms with van der Waals surface area (Å²) < 4.78 is 28.4. The third-order valence-corrected chi connectivity index (χ3v) is 9.91. The molecule has 0 atom stereocenters. The second kappa shape index (κ2) is 10.1. The molecule has 36 heavy (non-hydrogen) atoms. The second-order valence-electron chi connectivity index (χ2n) is 8.44. The molecule has 7 nitrogen and oxygen atoms in total. The van der Waals surface area contributed by atoms with E-state index in [2.05, 4.69) is 29.4 Å². The highest BCUT2D eigenvalue weighted by Crippen LogP contribution is 2.32. The summed E-state index contributed by atoms with van der Waals surface area (Å²) in [6.45, 7) is 2.58. The van der Waals surface area contributed by atoms with Gasteiger partial charge in [0.15, 0.2) is 5.13 Å². The molecule has 0 unspecified atom stereocenters. The average Bonchev–Trinajstić information content (AvgIpc) is 3.36. The molecule has 1 amide bonds. The van der Waals surface area contributed by atoms with Gasteiger partial charge in [-0.2, -0.15) is 0 Å². The van der Waals surface area contributed by atoms with Crippen LogP contribution in [0, 0.1) is 0 Å². The van der Waals surface area contributed by atoms with E-state index in [-0.39, 0.29) is 10.8 Å². The van der Waals surface area contributed by atoms with Gasteiger partial charge in [0.25, 0.3) is 15.9 Å². The van der Waals surface area contributed by atoms with E-state index in [9.17, 15) is 13.2 Å². The van der Waals surface area contributed by atoms with E-state index >= 15 is 0 Å². The Morgan fingerprint density at radius 3 is 2.33 bits per heavy atom. The van der Waals surface area contributed by atoms with Gasteiger partial charge in [-0.1, -0.05) is 29.5 Å². The number of thioether (sulfide) groups is 1. The maximum absolute atomic E-state index is 13.1. The number of carbonyl (C=O) groups is 1. The van der Waals surface area contributed by atoms with Crippen LogP contribution in [0.25, 0.3) is 10.2 Å². The molecule has 1 aromatic heterocycles. The zero-order valence-electron chi connectivity index (χ0n) is 20.0. The molecule has 3 aromatic carbocycles. The predicted molar refractivity (Wildman–Crippen MR) is 148 cm³/mol. The Balaban J connectivity index is 1.24. The molecular weight excluding hydrogens is 513 g/mol. The lowest BCUT2D eigenvalue weighted by Gasteiger charge is -2.34. The molecule has 10 heteroatoms. The third-order valence-electron chi connectivity index (χ3n) is 6.30. The number of hydrogen-bond acceptors (Lipinski definition) is 7. The van der Waals surface area contributed by atoms with E-state index in [1.54, 1.807) is 59.5 Å². The largest absolute Gasteiger partial charge is 0.345 e. The quantitative estimate of drug-likeness (QED) is 0.328. The van der Waals surface area contributed by atoms with Gasteiger partial charge in [0.05, 0.1) is 20.8 Å². The van der Waals surface area contributed by atoms with Crippen LogP contribution in [0.1, 0.15) is 10.4 Å². The van der Waals surface area contributed by atoms with Crippen LogP contribution in [0.5, 0.6) is 0 Å². The van der Waals surface area contributed by atoms with Gasteiger partial charge in [0, 0.05) is 43.7 Å². The number of amides is 1. The Bertz CT molecular complexity index is 1480. The predicted octanol–water partition coefficient (Wildman–Crippen LogP) is 4.81. The van der Waals surface area contributed by atoms with Crippen molar-refractivity contribution in [2.24, 2.45) is 0 Å². The number of piperazine rings is 1. The molecule has 2 heterocycles. The first kappa shape index (κ1) is 24.6. The molecule has 186 valence electrons. The van der Waals surface area contributed by atoms with Gasteiger partial charge in [-0.3, -0.25) is 9.10 Å². The Hall–Kier alpha value is -3.08. The maximum Gasteiger partial charge on any atom is 0.264 e. The van der Waals surface area contributed by atoms with Gasteiger partial charge in [-0.15, -0.1) is 11.8 Å². The fourth-order valence-corrected chi connectivity index (χ4v) is 6.91. The molecule has 0 saturated carbocycles. The number of thiazole rings is 1. The smallest absolute Gasteiger partial charge is 0.264 e. The summed E-state index contributed by atoms with van der Waals surface area (Å²) in [6, 6.07) is 21.4. The summed E-state index contributed by atoms with van der Waals surface area (Å²) in [5.41, 5.74) is 2.06. The van der Waals surface area contributed by atoms with Crippen molar-refractivity contribution in [1.29, 1.82) is 0 Å². The summed E-state index contributed by atoms with van der Waals surface area (Å²) in [5.74, 6) is -0.0936. The zero-order chi connectivity index (χ0) is 25.3.